The predicted octanol–water partition coefficient (Wildman–Crippen LogP) is 2.19. The number of phenolic OH excluding ortho intramolecular Hbond substituents is 1. The highest BCUT2D eigenvalue weighted by molar-refractivity contribution is 5.49. The van der Waals surface area contributed by atoms with E-state index >= 15 is 0 Å². The molecule has 0 radical (unpaired) electrons. The van der Waals surface area contributed by atoms with Gasteiger partial charge in [0.15, 0.2) is 0 Å². The quantitative estimate of drug-likeness (QED) is 0.734. The Balaban J connectivity index is 2.47. The van der Waals surface area contributed by atoms with Crippen LogP contribution in [0.25, 0.3) is 0 Å². The Morgan fingerprint density at radius 1 is 1.00 bits per heavy atom. The SMILES string of the molecule is CNc1ccc(C(O)(C#N)c2ccc(O)cc2)cc1. The molecule has 4 heteroatoms. The van der Waals surface area contributed by atoms with E-state index in [-0.39, 0.29) is 5.75 Å². The molecule has 96 valence electrons. The number of anilines is 1. The van der Waals surface area contributed by atoms with Gasteiger partial charge in [-0.2, -0.15) is 5.26 Å². The Bertz CT molecular complexity index is 600. The Hall–Kier alpha value is -2.51. The van der Waals surface area contributed by atoms with Gasteiger partial charge in [-0.05, 0) is 24.3 Å². The standard InChI is InChI=1S/C15H14N2O2/c1-17-13-6-2-11(3-7-13)15(19,10-16)12-4-8-14(18)9-5-12/h2-9,17-19H,1H3. The van der Waals surface area contributed by atoms with Crippen molar-refractivity contribution in [3.8, 4) is 11.8 Å². The van der Waals surface area contributed by atoms with E-state index in [2.05, 4.69) is 5.32 Å². The first-order valence-electron chi connectivity index (χ1n) is 5.81. The summed E-state index contributed by atoms with van der Waals surface area (Å²) >= 11 is 0. The second kappa shape index (κ2) is 5.01. The van der Waals surface area contributed by atoms with Gasteiger partial charge in [-0.25, -0.2) is 0 Å². The van der Waals surface area contributed by atoms with Gasteiger partial charge >= 0.3 is 0 Å². The molecule has 1 atom stereocenters. The van der Waals surface area contributed by atoms with Gasteiger partial charge in [0.25, 0.3) is 0 Å². The van der Waals surface area contributed by atoms with Gasteiger partial charge in [0.2, 0.25) is 5.60 Å². The number of hydrogen-bond acceptors (Lipinski definition) is 4. The largest absolute Gasteiger partial charge is 0.508 e. The molecule has 0 heterocycles. The van der Waals surface area contributed by atoms with E-state index in [9.17, 15) is 15.5 Å². The first-order valence-corrected chi connectivity index (χ1v) is 5.81. The second-order valence-corrected chi connectivity index (χ2v) is 4.20. The lowest BCUT2D eigenvalue weighted by Crippen LogP contribution is -2.24. The molecule has 2 aromatic carbocycles. The van der Waals surface area contributed by atoms with E-state index < -0.39 is 5.60 Å². The van der Waals surface area contributed by atoms with Crippen LogP contribution >= 0.6 is 0 Å². The molecule has 3 N–H and O–H groups in total. The summed E-state index contributed by atoms with van der Waals surface area (Å²) < 4.78 is 0. The topological polar surface area (TPSA) is 76.3 Å². The summed E-state index contributed by atoms with van der Waals surface area (Å²) in [6.45, 7) is 0. The minimum absolute atomic E-state index is 0.0922. The number of rotatable bonds is 3. The monoisotopic (exact) mass is 254 g/mol. The molecule has 19 heavy (non-hydrogen) atoms. The second-order valence-electron chi connectivity index (χ2n) is 4.20. The molecule has 2 rings (SSSR count). The maximum atomic E-state index is 10.6. The molecular weight excluding hydrogens is 240 g/mol. The third-order valence-corrected chi connectivity index (χ3v) is 3.04. The number of phenols is 1. The summed E-state index contributed by atoms with van der Waals surface area (Å²) in [6.07, 6.45) is 0. The lowest BCUT2D eigenvalue weighted by molar-refractivity contribution is 0.142. The van der Waals surface area contributed by atoms with Crippen molar-refractivity contribution in [1.29, 1.82) is 5.26 Å². The highest BCUT2D eigenvalue weighted by atomic mass is 16.3. The molecule has 0 saturated carbocycles. The first kappa shape index (κ1) is 12.9. The molecule has 0 fully saturated rings. The normalized spacial score (nSPS) is 13.3. The fourth-order valence-corrected chi connectivity index (χ4v) is 1.88. The summed E-state index contributed by atoms with van der Waals surface area (Å²) in [7, 11) is 1.80. The molecule has 0 aliphatic rings. The fourth-order valence-electron chi connectivity index (χ4n) is 1.88. The molecule has 2 aromatic rings. The van der Waals surface area contributed by atoms with Gasteiger partial charge in [-0.15, -0.1) is 0 Å². The average molecular weight is 254 g/mol. The van der Waals surface area contributed by atoms with E-state index in [0.29, 0.717) is 11.1 Å². The first-order chi connectivity index (χ1) is 9.10. The van der Waals surface area contributed by atoms with Crippen LogP contribution in [0.15, 0.2) is 48.5 Å². The van der Waals surface area contributed by atoms with Gasteiger partial charge in [0, 0.05) is 23.9 Å². The van der Waals surface area contributed by atoms with Gasteiger partial charge in [0.05, 0.1) is 0 Å². The lowest BCUT2D eigenvalue weighted by Gasteiger charge is -2.21. The third kappa shape index (κ3) is 2.37. The number of nitriles is 1. The zero-order valence-electron chi connectivity index (χ0n) is 10.5. The number of aromatic hydroxyl groups is 1. The van der Waals surface area contributed by atoms with E-state index in [1.807, 2.05) is 6.07 Å². The summed E-state index contributed by atoms with van der Waals surface area (Å²) in [5.74, 6) is 0.0922. The van der Waals surface area contributed by atoms with Crippen molar-refractivity contribution in [3.05, 3.63) is 59.7 Å². The van der Waals surface area contributed by atoms with Crippen LogP contribution in [0.4, 0.5) is 5.69 Å². The molecule has 0 amide bonds. The molecule has 0 spiro atoms. The van der Waals surface area contributed by atoms with Crippen molar-refractivity contribution in [2.45, 2.75) is 5.60 Å². The minimum Gasteiger partial charge on any atom is -0.508 e. The number of nitrogens with one attached hydrogen (secondary N) is 1. The number of nitrogens with zero attached hydrogens (tertiary/aromatic N) is 1. The smallest absolute Gasteiger partial charge is 0.202 e. The minimum atomic E-state index is -1.72. The number of aliphatic hydroxyl groups is 1. The molecule has 0 aliphatic heterocycles. The maximum absolute atomic E-state index is 10.6. The van der Waals surface area contributed by atoms with Crippen LogP contribution in [0.2, 0.25) is 0 Å². The van der Waals surface area contributed by atoms with Crippen molar-refractivity contribution in [1.82, 2.24) is 0 Å². The number of benzene rings is 2. The predicted molar refractivity (Wildman–Crippen MR) is 72.7 cm³/mol. The maximum Gasteiger partial charge on any atom is 0.202 e. The van der Waals surface area contributed by atoms with Crippen LogP contribution < -0.4 is 5.32 Å². The lowest BCUT2D eigenvalue weighted by atomic mass is 9.87. The average Bonchev–Trinajstić information content (AvgIpc) is 2.47. The molecular formula is C15H14N2O2. The van der Waals surface area contributed by atoms with Crippen LogP contribution in [-0.4, -0.2) is 17.3 Å². The Labute approximate surface area is 111 Å². The summed E-state index contributed by atoms with van der Waals surface area (Å²) in [6, 6.07) is 14.8. The van der Waals surface area contributed by atoms with E-state index in [0.717, 1.165) is 5.69 Å². The summed E-state index contributed by atoms with van der Waals surface area (Å²) in [5, 5.41) is 32.1. The molecule has 0 saturated heterocycles. The Morgan fingerprint density at radius 2 is 1.47 bits per heavy atom. The van der Waals surface area contributed by atoms with E-state index in [1.165, 1.54) is 24.3 Å². The van der Waals surface area contributed by atoms with Crippen molar-refractivity contribution in [3.63, 3.8) is 0 Å². The summed E-state index contributed by atoms with van der Waals surface area (Å²) in [4.78, 5) is 0. The van der Waals surface area contributed by atoms with Crippen molar-refractivity contribution in [2.24, 2.45) is 0 Å². The third-order valence-electron chi connectivity index (χ3n) is 3.04. The highest BCUT2D eigenvalue weighted by Gasteiger charge is 2.31. The van der Waals surface area contributed by atoms with Crippen molar-refractivity contribution in [2.75, 3.05) is 12.4 Å². The molecule has 1 unspecified atom stereocenters. The van der Waals surface area contributed by atoms with E-state index in [1.54, 1.807) is 31.3 Å². The van der Waals surface area contributed by atoms with Gasteiger partial charge in [0.1, 0.15) is 11.8 Å². The Morgan fingerprint density at radius 3 is 1.89 bits per heavy atom. The van der Waals surface area contributed by atoms with E-state index in [4.69, 9.17) is 0 Å². The molecule has 4 nitrogen and oxygen atoms in total. The van der Waals surface area contributed by atoms with Crippen LogP contribution in [0.1, 0.15) is 11.1 Å². The van der Waals surface area contributed by atoms with Crippen molar-refractivity contribution < 1.29 is 10.2 Å². The molecule has 0 bridgehead atoms. The summed E-state index contributed by atoms with van der Waals surface area (Å²) in [5.41, 5.74) is 0.0828. The van der Waals surface area contributed by atoms with Crippen LogP contribution in [0.5, 0.6) is 5.75 Å². The van der Waals surface area contributed by atoms with Crippen LogP contribution in [0.3, 0.4) is 0 Å². The van der Waals surface area contributed by atoms with Crippen molar-refractivity contribution >= 4 is 5.69 Å². The van der Waals surface area contributed by atoms with Gasteiger partial charge in [-0.3, -0.25) is 0 Å². The number of hydrogen-bond donors (Lipinski definition) is 3. The van der Waals surface area contributed by atoms with Gasteiger partial charge in [-0.1, -0.05) is 24.3 Å². The molecule has 0 aromatic heterocycles. The fraction of sp³-hybridized carbons (Fsp3) is 0.133. The molecule has 0 aliphatic carbocycles. The van der Waals surface area contributed by atoms with Gasteiger partial charge < -0.3 is 15.5 Å². The Kier molecular flexibility index (Phi) is 3.41. The highest BCUT2D eigenvalue weighted by Crippen LogP contribution is 2.30. The van der Waals surface area contributed by atoms with Crippen LogP contribution in [-0.2, 0) is 5.60 Å². The zero-order valence-corrected chi connectivity index (χ0v) is 10.5. The zero-order chi connectivity index (χ0) is 13.9. The van der Waals surface area contributed by atoms with Crippen LogP contribution in [0, 0.1) is 11.3 Å².